The number of hydrogen-bond acceptors (Lipinski definition) is 4. The largest absolute Gasteiger partial charge is 0.321 e. The zero-order chi connectivity index (χ0) is 14.4. The number of amides is 1. The van der Waals surface area contributed by atoms with Crippen LogP contribution >= 0.6 is 11.8 Å². The Hall–Kier alpha value is -2.26. The van der Waals surface area contributed by atoms with Gasteiger partial charge in [-0.1, -0.05) is 12.1 Å². The fourth-order valence-electron chi connectivity index (χ4n) is 1.64. The quantitative estimate of drug-likeness (QED) is 0.677. The van der Waals surface area contributed by atoms with Crippen molar-refractivity contribution in [3.8, 4) is 6.07 Å². The standard InChI is InChI=1S/C14H14N4OS/c1-18-10-11(9-16-18)14(19)17-12-5-2-3-6-13(12)20-8-4-7-15/h2-3,5-6,9-10H,4,8H2,1H3,(H,17,19). The van der Waals surface area contributed by atoms with Crippen LogP contribution in [0.4, 0.5) is 5.69 Å². The van der Waals surface area contributed by atoms with Crippen LogP contribution in [0.5, 0.6) is 0 Å². The van der Waals surface area contributed by atoms with Gasteiger partial charge in [-0.2, -0.15) is 10.4 Å². The van der Waals surface area contributed by atoms with E-state index in [0.29, 0.717) is 17.7 Å². The molecule has 0 fully saturated rings. The minimum Gasteiger partial charge on any atom is -0.321 e. The Bertz CT molecular complexity index is 645. The van der Waals surface area contributed by atoms with E-state index in [9.17, 15) is 4.79 Å². The van der Waals surface area contributed by atoms with Gasteiger partial charge in [0.1, 0.15) is 0 Å². The summed E-state index contributed by atoms with van der Waals surface area (Å²) in [7, 11) is 1.77. The van der Waals surface area contributed by atoms with Crippen LogP contribution in [-0.2, 0) is 7.05 Å². The van der Waals surface area contributed by atoms with Crippen molar-refractivity contribution in [1.29, 1.82) is 5.26 Å². The first kappa shape index (κ1) is 14.2. The molecule has 1 N–H and O–H groups in total. The maximum absolute atomic E-state index is 12.1. The predicted molar refractivity (Wildman–Crippen MR) is 78.6 cm³/mol. The number of aromatic nitrogens is 2. The van der Waals surface area contributed by atoms with Crippen molar-refractivity contribution >= 4 is 23.4 Å². The van der Waals surface area contributed by atoms with Gasteiger partial charge in [-0.25, -0.2) is 0 Å². The summed E-state index contributed by atoms with van der Waals surface area (Å²) in [5.74, 6) is 0.516. The van der Waals surface area contributed by atoms with Crippen LogP contribution in [0.15, 0.2) is 41.6 Å². The number of carbonyl (C=O) groups is 1. The van der Waals surface area contributed by atoms with E-state index >= 15 is 0 Å². The van der Waals surface area contributed by atoms with Gasteiger partial charge in [0, 0.05) is 30.3 Å². The summed E-state index contributed by atoms with van der Waals surface area (Å²) in [5.41, 5.74) is 1.27. The monoisotopic (exact) mass is 286 g/mol. The molecule has 0 saturated carbocycles. The van der Waals surface area contributed by atoms with Crippen LogP contribution < -0.4 is 5.32 Å². The Morgan fingerprint density at radius 1 is 1.50 bits per heavy atom. The van der Waals surface area contributed by atoms with E-state index in [1.165, 1.54) is 6.20 Å². The smallest absolute Gasteiger partial charge is 0.258 e. The molecule has 2 rings (SSSR count). The third-order valence-corrected chi connectivity index (χ3v) is 3.65. The molecule has 0 aliphatic heterocycles. The first-order valence-corrected chi connectivity index (χ1v) is 7.08. The predicted octanol–water partition coefficient (Wildman–Crippen LogP) is 2.68. The number of para-hydroxylation sites is 1. The SMILES string of the molecule is Cn1cc(C(=O)Nc2ccccc2SCCC#N)cn1. The highest BCUT2D eigenvalue weighted by atomic mass is 32.2. The summed E-state index contributed by atoms with van der Waals surface area (Å²) in [5, 5.41) is 15.4. The highest BCUT2D eigenvalue weighted by Crippen LogP contribution is 2.27. The van der Waals surface area contributed by atoms with E-state index in [-0.39, 0.29) is 5.91 Å². The number of nitrogens with one attached hydrogen (secondary N) is 1. The van der Waals surface area contributed by atoms with E-state index < -0.39 is 0 Å². The lowest BCUT2D eigenvalue weighted by Gasteiger charge is -2.09. The van der Waals surface area contributed by atoms with Crippen LogP contribution in [0.1, 0.15) is 16.8 Å². The number of anilines is 1. The van der Waals surface area contributed by atoms with E-state index in [0.717, 1.165) is 10.6 Å². The molecule has 0 aliphatic rings. The van der Waals surface area contributed by atoms with E-state index in [1.54, 1.807) is 29.7 Å². The van der Waals surface area contributed by atoms with Gasteiger partial charge in [0.25, 0.3) is 5.91 Å². The molecule has 1 aromatic heterocycles. The summed E-state index contributed by atoms with van der Waals surface area (Å²) in [6, 6.07) is 9.67. The average molecular weight is 286 g/mol. The highest BCUT2D eigenvalue weighted by molar-refractivity contribution is 7.99. The van der Waals surface area contributed by atoms with E-state index in [4.69, 9.17) is 5.26 Å². The number of aryl methyl sites for hydroxylation is 1. The number of nitriles is 1. The zero-order valence-corrected chi connectivity index (χ0v) is 11.9. The molecule has 20 heavy (non-hydrogen) atoms. The lowest BCUT2D eigenvalue weighted by atomic mass is 10.3. The second-order valence-electron chi connectivity index (χ2n) is 4.11. The first-order valence-electron chi connectivity index (χ1n) is 6.09. The molecule has 5 nitrogen and oxygen atoms in total. The van der Waals surface area contributed by atoms with Crippen molar-refractivity contribution in [3.63, 3.8) is 0 Å². The van der Waals surface area contributed by atoms with Crippen molar-refractivity contribution in [2.45, 2.75) is 11.3 Å². The Morgan fingerprint density at radius 3 is 3.00 bits per heavy atom. The van der Waals surface area contributed by atoms with Crippen LogP contribution in [0.25, 0.3) is 0 Å². The molecule has 1 amide bonds. The van der Waals surface area contributed by atoms with Crippen LogP contribution in [0.2, 0.25) is 0 Å². The summed E-state index contributed by atoms with van der Waals surface area (Å²) >= 11 is 1.56. The molecular formula is C14H14N4OS. The maximum atomic E-state index is 12.1. The van der Waals surface area contributed by atoms with Gasteiger partial charge in [-0.15, -0.1) is 11.8 Å². The van der Waals surface area contributed by atoms with Crippen LogP contribution in [0, 0.1) is 11.3 Å². The highest BCUT2D eigenvalue weighted by Gasteiger charge is 2.10. The van der Waals surface area contributed by atoms with Gasteiger partial charge >= 0.3 is 0 Å². The fraction of sp³-hybridized carbons (Fsp3) is 0.214. The van der Waals surface area contributed by atoms with Crippen LogP contribution in [0.3, 0.4) is 0 Å². The molecule has 0 atom stereocenters. The van der Waals surface area contributed by atoms with Crippen molar-refractivity contribution in [3.05, 3.63) is 42.2 Å². The van der Waals surface area contributed by atoms with Crippen molar-refractivity contribution in [2.75, 3.05) is 11.1 Å². The fourth-order valence-corrected chi connectivity index (χ4v) is 2.50. The molecule has 0 spiro atoms. The topological polar surface area (TPSA) is 70.7 Å². The Balaban J connectivity index is 2.09. The number of hydrogen-bond donors (Lipinski definition) is 1. The summed E-state index contributed by atoms with van der Waals surface area (Å²) < 4.78 is 1.59. The molecule has 0 bridgehead atoms. The Morgan fingerprint density at radius 2 is 2.30 bits per heavy atom. The maximum Gasteiger partial charge on any atom is 0.258 e. The normalized spacial score (nSPS) is 10.0. The minimum absolute atomic E-state index is 0.188. The molecule has 0 saturated heterocycles. The van der Waals surface area contributed by atoms with Crippen molar-refractivity contribution in [1.82, 2.24) is 9.78 Å². The number of rotatable bonds is 5. The number of benzene rings is 1. The average Bonchev–Trinajstić information content (AvgIpc) is 2.88. The third-order valence-electron chi connectivity index (χ3n) is 2.57. The van der Waals surface area contributed by atoms with Crippen molar-refractivity contribution in [2.24, 2.45) is 7.05 Å². The van der Waals surface area contributed by atoms with Gasteiger partial charge in [0.15, 0.2) is 0 Å². The zero-order valence-electron chi connectivity index (χ0n) is 11.0. The first-order chi connectivity index (χ1) is 9.70. The Labute approximate surface area is 121 Å². The molecule has 0 aliphatic carbocycles. The summed E-state index contributed by atoms with van der Waals surface area (Å²) in [4.78, 5) is 13.0. The van der Waals surface area contributed by atoms with Crippen LogP contribution in [-0.4, -0.2) is 21.4 Å². The minimum atomic E-state index is -0.188. The van der Waals surface area contributed by atoms with Crippen molar-refractivity contribution < 1.29 is 4.79 Å². The molecule has 0 unspecified atom stereocenters. The van der Waals surface area contributed by atoms with E-state index in [2.05, 4.69) is 16.5 Å². The second-order valence-corrected chi connectivity index (χ2v) is 5.25. The van der Waals surface area contributed by atoms with Gasteiger partial charge in [-0.3, -0.25) is 9.48 Å². The number of nitrogens with zero attached hydrogens (tertiary/aromatic N) is 3. The summed E-state index contributed by atoms with van der Waals surface area (Å²) in [6.45, 7) is 0. The molecule has 2 aromatic rings. The lowest BCUT2D eigenvalue weighted by Crippen LogP contribution is -2.11. The molecule has 0 radical (unpaired) electrons. The van der Waals surface area contributed by atoms with E-state index in [1.807, 2.05) is 24.3 Å². The van der Waals surface area contributed by atoms with Gasteiger partial charge < -0.3 is 5.32 Å². The number of thioether (sulfide) groups is 1. The van der Waals surface area contributed by atoms with Gasteiger partial charge in [-0.05, 0) is 12.1 Å². The lowest BCUT2D eigenvalue weighted by molar-refractivity contribution is 0.102. The Kier molecular flexibility index (Phi) is 4.80. The molecule has 6 heteroatoms. The molecule has 1 heterocycles. The van der Waals surface area contributed by atoms with Gasteiger partial charge in [0.2, 0.25) is 0 Å². The third kappa shape index (κ3) is 3.62. The summed E-state index contributed by atoms with van der Waals surface area (Å²) in [6.07, 6.45) is 3.68. The molecular weight excluding hydrogens is 272 g/mol. The second kappa shape index (κ2) is 6.78. The molecule has 102 valence electrons. The molecule has 1 aromatic carbocycles. The number of carbonyl (C=O) groups excluding carboxylic acids is 1. The van der Waals surface area contributed by atoms with Gasteiger partial charge in [0.05, 0.1) is 23.5 Å².